The third kappa shape index (κ3) is 5.77. The minimum absolute atomic E-state index is 0.0675. The minimum Gasteiger partial charge on any atom is -0.488 e. The average Bonchev–Trinajstić information content (AvgIpc) is 2.76. The summed E-state index contributed by atoms with van der Waals surface area (Å²) in [6.45, 7) is 4.89. The van der Waals surface area contributed by atoms with Gasteiger partial charge in [-0.15, -0.1) is 0 Å². The number of anilines is 2. The van der Waals surface area contributed by atoms with E-state index in [4.69, 9.17) is 4.74 Å². The molecule has 0 aromatic heterocycles. The van der Waals surface area contributed by atoms with Gasteiger partial charge < -0.3 is 30.3 Å². The number of rotatable bonds is 6. The molecule has 2 aromatic carbocycles. The van der Waals surface area contributed by atoms with Crippen molar-refractivity contribution in [2.75, 3.05) is 44.4 Å². The number of ether oxygens (including phenoxy) is 1. The smallest absolute Gasteiger partial charge is 0.323 e. The largest absolute Gasteiger partial charge is 0.488 e. The van der Waals surface area contributed by atoms with Gasteiger partial charge in [-0.05, 0) is 51.4 Å². The van der Waals surface area contributed by atoms with Gasteiger partial charge in [-0.25, -0.2) is 4.79 Å². The molecule has 0 aliphatic carbocycles. The van der Waals surface area contributed by atoms with E-state index in [-0.39, 0.29) is 30.6 Å². The van der Waals surface area contributed by atoms with Crippen LogP contribution in [0.4, 0.5) is 16.2 Å². The molecule has 0 fully saturated rings. The number of carbonyl (C=O) groups is 2. The highest BCUT2D eigenvalue weighted by Crippen LogP contribution is 2.30. The van der Waals surface area contributed by atoms with E-state index >= 15 is 0 Å². The molecule has 2 aromatic rings. The van der Waals surface area contributed by atoms with Crippen LogP contribution >= 0.6 is 0 Å². The zero-order valence-electron chi connectivity index (χ0n) is 19.0. The topological polar surface area (TPSA) is 94.1 Å². The summed E-state index contributed by atoms with van der Waals surface area (Å²) in [5.41, 5.74) is 1.50. The number of nitrogens with one attached hydrogen (secondary N) is 2. The van der Waals surface area contributed by atoms with E-state index in [1.165, 1.54) is 0 Å². The monoisotopic (exact) mass is 440 g/mol. The Kier molecular flexibility index (Phi) is 7.71. The van der Waals surface area contributed by atoms with Crippen molar-refractivity contribution in [1.82, 2.24) is 9.80 Å². The van der Waals surface area contributed by atoms with E-state index in [0.29, 0.717) is 35.8 Å². The zero-order chi connectivity index (χ0) is 23.3. The molecule has 0 saturated heterocycles. The van der Waals surface area contributed by atoms with Crippen LogP contribution in [-0.4, -0.2) is 72.8 Å². The van der Waals surface area contributed by atoms with Gasteiger partial charge in [-0.1, -0.05) is 25.1 Å². The summed E-state index contributed by atoms with van der Waals surface area (Å²) < 4.78 is 6.27. The van der Waals surface area contributed by atoms with Gasteiger partial charge >= 0.3 is 6.03 Å². The molecule has 0 saturated carbocycles. The molecule has 1 aliphatic rings. The van der Waals surface area contributed by atoms with Gasteiger partial charge in [0, 0.05) is 30.4 Å². The SMILES string of the molecule is C[C@@H]1CN([C@H](C)CO)C(=O)c2cc(NC(=O)Nc3ccccc3)ccc2O[C@H]1CN(C)C. The van der Waals surface area contributed by atoms with Crippen LogP contribution in [0.1, 0.15) is 24.2 Å². The highest BCUT2D eigenvalue weighted by atomic mass is 16.5. The van der Waals surface area contributed by atoms with Gasteiger partial charge in [0.15, 0.2) is 0 Å². The number of hydrogen-bond donors (Lipinski definition) is 3. The van der Waals surface area contributed by atoms with Gasteiger partial charge in [0.05, 0.1) is 18.2 Å². The fraction of sp³-hybridized carbons (Fsp3) is 0.417. The lowest BCUT2D eigenvalue weighted by Crippen LogP contribution is -2.49. The summed E-state index contributed by atoms with van der Waals surface area (Å²) in [5, 5.41) is 15.3. The fourth-order valence-electron chi connectivity index (χ4n) is 3.69. The second-order valence-corrected chi connectivity index (χ2v) is 8.54. The Morgan fingerprint density at radius 2 is 1.88 bits per heavy atom. The molecule has 0 spiro atoms. The number of benzene rings is 2. The summed E-state index contributed by atoms with van der Waals surface area (Å²) in [6, 6.07) is 13.4. The molecule has 1 aliphatic heterocycles. The second-order valence-electron chi connectivity index (χ2n) is 8.54. The number of hydrogen-bond acceptors (Lipinski definition) is 5. The summed E-state index contributed by atoms with van der Waals surface area (Å²) >= 11 is 0. The van der Waals surface area contributed by atoms with Crippen molar-refractivity contribution < 1.29 is 19.4 Å². The number of amides is 3. The molecule has 0 bridgehead atoms. The average molecular weight is 441 g/mol. The Morgan fingerprint density at radius 3 is 2.53 bits per heavy atom. The van der Waals surface area contributed by atoms with Crippen molar-refractivity contribution in [1.29, 1.82) is 0 Å². The van der Waals surface area contributed by atoms with Crippen molar-refractivity contribution in [2.24, 2.45) is 5.92 Å². The number of carbonyl (C=O) groups excluding carboxylic acids is 2. The summed E-state index contributed by atoms with van der Waals surface area (Å²) in [4.78, 5) is 29.5. The number of aliphatic hydroxyl groups is 1. The highest BCUT2D eigenvalue weighted by molar-refractivity contribution is 6.02. The lowest BCUT2D eigenvalue weighted by Gasteiger charge is -2.37. The molecular weight excluding hydrogens is 408 g/mol. The third-order valence-electron chi connectivity index (χ3n) is 5.50. The first-order chi connectivity index (χ1) is 15.3. The maximum absolute atomic E-state index is 13.4. The molecule has 3 N–H and O–H groups in total. The molecule has 0 unspecified atom stereocenters. The normalized spacial score (nSPS) is 19.4. The van der Waals surface area contributed by atoms with Crippen LogP contribution in [-0.2, 0) is 0 Å². The number of urea groups is 1. The van der Waals surface area contributed by atoms with Crippen LogP contribution in [0, 0.1) is 5.92 Å². The summed E-state index contributed by atoms with van der Waals surface area (Å²) in [7, 11) is 3.96. The Bertz CT molecular complexity index is 935. The van der Waals surface area contributed by atoms with Crippen molar-refractivity contribution in [2.45, 2.75) is 26.0 Å². The van der Waals surface area contributed by atoms with Crippen molar-refractivity contribution in [3.05, 3.63) is 54.1 Å². The zero-order valence-corrected chi connectivity index (χ0v) is 19.0. The molecule has 8 nitrogen and oxygen atoms in total. The molecule has 172 valence electrons. The summed E-state index contributed by atoms with van der Waals surface area (Å²) in [5.74, 6) is 0.305. The van der Waals surface area contributed by atoms with Gasteiger partial charge in [0.2, 0.25) is 0 Å². The molecule has 32 heavy (non-hydrogen) atoms. The van der Waals surface area contributed by atoms with Crippen LogP contribution in [0.15, 0.2) is 48.5 Å². The Morgan fingerprint density at radius 1 is 1.19 bits per heavy atom. The Balaban J connectivity index is 1.89. The third-order valence-corrected chi connectivity index (χ3v) is 5.50. The predicted molar refractivity (Wildman–Crippen MR) is 125 cm³/mol. The lowest BCUT2D eigenvalue weighted by molar-refractivity contribution is 0.0363. The van der Waals surface area contributed by atoms with Crippen molar-refractivity contribution >= 4 is 23.3 Å². The number of fused-ring (bicyclic) bond motifs is 1. The van der Waals surface area contributed by atoms with Crippen LogP contribution in [0.5, 0.6) is 5.75 Å². The molecule has 3 atom stereocenters. The quantitative estimate of drug-likeness (QED) is 0.642. The van der Waals surface area contributed by atoms with Crippen molar-refractivity contribution in [3.8, 4) is 5.75 Å². The number of nitrogens with zero attached hydrogens (tertiary/aromatic N) is 2. The predicted octanol–water partition coefficient (Wildman–Crippen LogP) is 3.11. The Hall–Kier alpha value is -3.10. The number of para-hydroxylation sites is 1. The number of aliphatic hydroxyl groups excluding tert-OH is 1. The fourth-order valence-corrected chi connectivity index (χ4v) is 3.69. The molecular formula is C24H32N4O4. The first-order valence-electron chi connectivity index (χ1n) is 10.8. The van der Waals surface area contributed by atoms with E-state index in [9.17, 15) is 14.7 Å². The van der Waals surface area contributed by atoms with E-state index < -0.39 is 6.03 Å². The van der Waals surface area contributed by atoms with Gasteiger partial charge in [-0.2, -0.15) is 0 Å². The van der Waals surface area contributed by atoms with E-state index in [1.807, 2.05) is 51.0 Å². The molecule has 0 radical (unpaired) electrons. The van der Waals surface area contributed by atoms with E-state index in [1.54, 1.807) is 35.2 Å². The van der Waals surface area contributed by atoms with Crippen LogP contribution in [0.25, 0.3) is 0 Å². The highest BCUT2D eigenvalue weighted by Gasteiger charge is 2.33. The standard InChI is InChI=1S/C24H32N4O4/c1-16-13-28(17(2)15-29)23(30)20-12-19(10-11-21(20)32-22(16)14-27(3)4)26-24(31)25-18-8-6-5-7-9-18/h5-12,16-17,22,29H,13-15H2,1-4H3,(H2,25,26,31)/t16-,17-,22+/m1/s1. The van der Waals surface area contributed by atoms with E-state index in [2.05, 4.69) is 10.6 Å². The van der Waals surface area contributed by atoms with Gasteiger partial charge in [-0.3, -0.25) is 4.79 Å². The number of likely N-dealkylation sites (N-methyl/N-ethyl adjacent to an activating group) is 1. The molecule has 3 amide bonds. The first-order valence-corrected chi connectivity index (χ1v) is 10.8. The van der Waals surface area contributed by atoms with Gasteiger partial charge in [0.1, 0.15) is 11.9 Å². The molecule has 1 heterocycles. The molecule has 8 heteroatoms. The minimum atomic E-state index is -0.407. The van der Waals surface area contributed by atoms with Crippen LogP contribution in [0.3, 0.4) is 0 Å². The first kappa shape index (κ1) is 23.6. The maximum atomic E-state index is 13.4. The van der Waals surface area contributed by atoms with Crippen LogP contribution in [0.2, 0.25) is 0 Å². The Labute approximate surface area is 189 Å². The summed E-state index contributed by atoms with van der Waals surface area (Å²) in [6.07, 6.45) is -0.134. The maximum Gasteiger partial charge on any atom is 0.323 e. The van der Waals surface area contributed by atoms with E-state index in [0.717, 1.165) is 0 Å². The lowest BCUT2D eigenvalue weighted by atomic mass is 9.99. The second kappa shape index (κ2) is 10.5. The van der Waals surface area contributed by atoms with Crippen LogP contribution < -0.4 is 15.4 Å². The molecule has 3 rings (SSSR count). The van der Waals surface area contributed by atoms with Crippen molar-refractivity contribution in [3.63, 3.8) is 0 Å². The van der Waals surface area contributed by atoms with Gasteiger partial charge in [0.25, 0.3) is 5.91 Å².